The molecule has 0 radical (unpaired) electrons. The van der Waals surface area contributed by atoms with Crippen LogP contribution in [0.3, 0.4) is 0 Å². The first-order valence-corrected chi connectivity index (χ1v) is 6.92. The van der Waals surface area contributed by atoms with Gasteiger partial charge < -0.3 is 9.84 Å². The summed E-state index contributed by atoms with van der Waals surface area (Å²) in [5, 5.41) is 9.25. The van der Waals surface area contributed by atoms with Crippen LogP contribution in [0.25, 0.3) is 0 Å². The van der Waals surface area contributed by atoms with Gasteiger partial charge >= 0.3 is 5.97 Å². The smallest absolute Gasteiger partial charge is 0.310 e. The number of carboxylic acid groups (broad SMARTS) is 1. The van der Waals surface area contributed by atoms with Gasteiger partial charge in [0.05, 0.1) is 5.41 Å². The number of aliphatic carboxylic acids is 1. The molecule has 0 bridgehead atoms. The van der Waals surface area contributed by atoms with E-state index in [0.717, 1.165) is 13.0 Å². The Kier molecular flexibility index (Phi) is 3.70. The molecule has 1 N–H and O–H groups in total. The Labute approximate surface area is 109 Å². The molecule has 1 aliphatic heterocycles. The van der Waals surface area contributed by atoms with Crippen LogP contribution in [0.15, 0.2) is 0 Å². The number of carboxylic acids is 1. The highest BCUT2D eigenvalue weighted by atomic mass is 16.5. The molecule has 0 aromatic heterocycles. The van der Waals surface area contributed by atoms with E-state index in [1.165, 1.54) is 25.7 Å². The first-order valence-electron chi connectivity index (χ1n) is 6.92. The minimum atomic E-state index is -0.732. The zero-order valence-electron chi connectivity index (χ0n) is 11.7. The lowest BCUT2D eigenvalue weighted by Crippen LogP contribution is -2.46. The van der Waals surface area contributed by atoms with Crippen molar-refractivity contribution in [3.8, 4) is 0 Å². The second-order valence-electron chi connectivity index (χ2n) is 6.57. The number of likely N-dealkylation sites (tertiary alicyclic amines) is 1. The second kappa shape index (κ2) is 4.82. The van der Waals surface area contributed by atoms with Crippen LogP contribution >= 0.6 is 0 Å². The van der Waals surface area contributed by atoms with E-state index in [4.69, 9.17) is 4.74 Å². The van der Waals surface area contributed by atoms with Crippen LogP contribution in [0.2, 0.25) is 0 Å². The van der Waals surface area contributed by atoms with Gasteiger partial charge in [-0.3, -0.25) is 9.69 Å². The molecule has 4 nitrogen and oxygen atoms in total. The van der Waals surface area contributed by atoms with Crippen LogP contribution in [0, 0.1) is 10.8 Å². The third kappa shape index (κ3) is 2.28. The SMILES string of the molecule is COC1N(CC(C)(C)C(=O)O)CCC12CCCC2. The quantitative estimate of drug-likeness (QED) is 0.837. The van der Waals surface area contributed by atoms with Gasteiger partial charge in [0, 0.05) is 25.6 Å². The summed E-state index contributed by atoms with van der Waals surface area (Å²) in [6.45, 7) is 5.13. The third-order valence-corrected chi connectivity index (χ3v) is 4.75. The van der Waals surface area contributed by atoms with Crippen molar-refractivity contribution in [3.05, 3.63) is 0 Å². The van der Waals surface area contributed by atoms with Crippen LogP contribution < -0.4 is 0 Å². The van der Waals surface area contributed by atoms with Gasteiger partial charge in [-0.1, -0.05) is 12.8 Å². The predicted octanol–water partition coefficient (Wildman–Crippen LogP) is 2.34. The fourth-order valence-corrected chi connectivity index (χ4v) is 3.71. The topological polar surface area (TPSA) is 49.8 Å². The highest BCUT2D eigenvalue weighted by molar-refractivity contribution is 5.73. The van der Waals surface area contributed by atoms with E-state index in [9.17, 15) is 9.90 Å². The molecule has 1 saturated carbocycles. The van der Waals surface area contributed by atoms with Crippen LogP contribution in [0.4, 0.5) is 0 Å². The molecular weight excluding hydrogens is 230 g/mol. The molecule has 1 aliphatic carbocycles. The van der Waals surface area contributed by atoms with Crippen molar-refractivity contribution in [2.45, 2.75) is 52.2 Å². The summed E-state index contributed by atoms with van der Waals surface area (Å²) in [5.41, 5.74) is -0.412. The normalized spacial score (nSPS) is 28.1. The van der Waals surface area contributed by atoms with Crippen molar-refractivity contribution in [2.75, 3.05) is 20.2 Å². The van der Waals surface area contributed by atoms with Crippen molar-refractivity contribution >= 4 is 5.97 Å². The standard InChI is InChI=1S/C14H25NO3/c1-13(2,12(16)17)10-15-9-8-14(11(15)18-3)6-4-5-7-14/h11H,4-10H2,1-3H3,(H,16,17). The summed E-state index contributed by atoms with van der Waals surface area (Å²) in [6, 6.07) is 0. The van der Waals surface area contributed by atoms with Crippen LogP contribution in [-0.4, -0.2) is 42.4 Å². The van der Waals surface area contributed by atoms with Gasteiger partial charge in [-0.05, 0) is 33.1 Å². The van der Waals surface area contributed by atoms with Gasteiger partial charge in [0.25, 0.3) is 0 Å². The van der Waals surface area contributed by atoms with Gasteiger partial charge in [0.2, 0.25) is 0 Å². The Hall–Kier alpha value is -0.610. The fraction of sp³-hybridized carbons (Fsp3) is 0.929. The maximum atomic E-state index is 11.2. The average molecular weight is 255 g/mol. The van der Waals surface area contributed by atoms with Crippen LogP contribution in [-0.2, 0) is 9.53 Å². The number of hydrogen-bond donors (Lipinski definition) is 1. The molecule has 1 unspecified atom stereocenters. The lowest BCUT2D eigenvalue weighted by molar-refractivity contribution is -0.150. The van der Waals surface area contributed by atoms with Crippen molar-refractivity contribution in [1.29, 1.82) is 0 Å². The van der Waals surface area contributed by atoms with Gasteiger partial charge in [-0.25, -0.2) is 0 Å². The van der Waals surface area contributed by atoms with Gasteiger partial charge in [0.15, 0.2) is 0 Å². The van der Waals surface area contributed by atoms with E-state index in [0.29, 0.717) is 12.0 Å². The van der Waals surface area contributed by atoms with Gasteiger partial charge in [-0.15, -0.1) is 0 Å². The summed E-state index contributed by atoms with van der Waals surface area (Å²) in [4.78, 5) is 13.5. The highest BCUT2D eigenvalue weighted by Gasteiger charge is 2.50. The number of ether oxygens (including phenoxy) is 1. The van der Waals surface area contributed by atoms with Gasteiger partial charge in [0.1, 0.15) is 6.23 Å². The Bertz CT molecular complexity index is 321. The minimum Gasteiger partial charge on any atom is -0.481 e. The van der Waals surface area contributed by atoms with E-state index in [1.54, 1.807) is 21.0 Å². The molecule has 2 rings (SSSR count). The van der Waals surface area contributed by atoms with Gasteiger partial charge in [-0.2, -0.15) is 0 Å². The maximum Gasteiger partial charge on any atom is 0.310 e. The summed E-state index contributed by atoms with van der Waals surface area (Å²) in [6.07, 6.45) is 6.30. The lowest BCUT2D eigenvalue weighted by Gasteiger charge is -2.36. The zero-order chi connectivity index (χ0) is 13.4. The molecule has 2 fully saturated rings. The summed E-state index contributed by atoms with van der Waals surface area (Å²) in [5.74, 6) is -0.732. The highest BCUT2D eigenvalue weighted by Crippen LogP contribution is 2.50. The number of methoxy groups -OCH3 is 1. The first-order chi connectivity index (χ1) is 8.41. The molecule has 18 heavy (non-hydrogen) atoms. The number of nitrogens with zero attached hydrogens (tertiary/aromatic N) is 1. The van der Waals surface area contributed by atoms with E-state index in [-0.39, 0.29) is 6.23 Å². The van der Waals surface area contributed by atoms with Crippen molar-refractivity contribution in [3.63, 3.8) is 0 Å². The maximum absolute atomic E-state index is 11.2. The van der Waals surface area contributed by atoms with Crippen molar-refractivity contribution in [2.24, 2.45) is 10.8 Å². The largest absolute Gasteiger partial charge is 0.481 e. The minimum absolute atomic E-state index is 0.110. The number of hydrogen-bond acceptors (Lipinski definition) is 3. The van der Waals surface area contributed by atoms with E-state index >= 15 is 0 Å². The molecule has 2 aliphatic rings. The molecule has 1 saturated heterocycles. The van der Waals surface area contributed by atoms with E-state index in [1.807, 2.05) is 0 Å². The average Bonchev–Trinajstić information content (AvgIpc) is 2.88. The fourth-order valence-electron chi connectivity index (χ4n) is 3.71. The lowest BCUT2D eigenvalue weighted by atomic mass is 9.83. The monoisotopic (exact) mass is 255 g/mol. The molecular formula is C14H25NO3. The molecule has 0 aromatic carbocycles. The second-order valence-corrected chi connectivity index (χ2v) is 6.57. The zero-order valence-corrected chi connectivity index (χ0v) is 11.7. The predicted molar refractivity (Wildman–Crippen MR) is 69.3 cm³/mol. The van der Waals surface area contributed by atoms with Crippen molar-refractivity contribution in [1.82, 2.24) is 4.90 Å². The van der Waals surface area contributed by atoms with Crippen LogP contribution in [0.1, 0.15) is 46.0 Å². The van der Waals surface area contributed by atoms with Crippen LogP contribution in [0.5, 0.6) is 0 Å². The Morgan fingerprint density at radius 2 is 2.00 bits per heavy atom. The third-order valence-electron chi connectivity index (χ3n) is 4.75. The number of carbonyl (C=O) groups is 1. The summed E-state index contributed by atoms with van der Waals surface area (Å²) in [7, 11) is 1.76. The molecule has 4 heteroatoms. The molecule has 1 spiro atoms. The Morgan fingerprint density at radius 1 is 1.39 bits per heavy atom. The Balaban J connectivity index is 2.09. The molecule has 1 heterocycles. The molecule has 0 amide bonds. The number of rotatable bonds is 4. The summed E-state index contributed by atoms with van der Waals surface area (Å²) >= 11 is 0. The summed E-state index contributed by atoms with van der Waals surface area (Å²) < 4.78 is 5.72. The Morgan fingerprint density at radius 3 is 2.50 bits per heavy atom. The molecule has 0 aromatic rings. The molecule has 104 valence electrons. The van der Waals surface area contributed by atoms with E-state index in [2.05, 4.69) is 4.90 Å². The first kappa shape index (κ1) is 13.8. The molecule has 1 atom stereocenters. The van der Waals surface area contributed by atoms with Crippen molar-refractivity contribution < 1.29 is 14.6 Å². The van der Waals surface area contributed by atoms with E-state index < -0.39 is 11.4 Å².